The van der Waals surface area contributed by atoms with E-state index in [2.05, 4.69) is 15.6 Å². The Bertz CT molecular complexity index is 895. The highest BCUT2D eigenvalue weighted by Crippen LogP contribution is 2.19. The first kappa shape index (κ1) is 16.9. The van der Waals surface area contributed by atoms with Crippen LogP contribution in [-0.4, -0.2) is 28.8 Å². The van der Waals surface area contributed by atoms with Crippen molar-refractivity contribution in [3.8, 4) is 0 Å². The fourth-order valence-electron chi connectivity index (χ4n) is 2.65. The van der Waals surface area contributed by atoms with Crippen LogP contribution in [0.5, 0.6) is 0 Å². The average molecular weight is 345 g/mol. The number of halogens is 2. The van der Waals surface area contributed by atoms with Crippen LogP contribution in [0.25, 0.3) is 10.9 Å². The number of aromatic nitrogens is 1. The van der Waals surface area contributed by atoms with Gasteiger partial charge < -0.3 is 20.7 Å². The van der Waals surface area contributed by atoms with Gasteiger partial charge in [-0.15, -0.1) is 0 Å². The van der Waals surface area contributed by atoms with E-state index in [1.165, 1.54) is 6.07 Å². The van der Waals surface area contributed by atoms with Gasteiger partial charge in [-0.05, 0) is 30.2 Å². The highest BCUT2D eigenvalue weighted by atomic mass is 19.2. The van der Waals surface area contributed by atoms with Gasteiger partial charge in [0, 0.05) is 28.9 Å². The minimum Gasteiger partial charge on any atom is -0.394 e. The van der Waals surface area contributed by atoms with Crippen molar-refractivity contribution in [3.05, 3.63) is 65.9 Å². The van der Waals surface area contributed by atoms with Gasteiger partial charge >= 0.3 is 6.03 Å². The van der Waals surface area contributed by atoms with Crippen molar-refractivity contribution in [2.24, 2.45) is 0 Å². The Morgan fingerprint density at radius 3 is 2.72 bits per heavy atom. The number of nitrogens with one attached hydrogen (secondary N) is 3. The minimum absolute atomic E-state index is 0.125. The average Bonchev–Trinajstić information content (AvgIpc) is 3.00. The standard InChI is InChI=1S/C18H17F2N3O2/c19-15-6-5-12(8-16(15)20)22-18(25)23-13(10-24)7-11-9-21-17-4-2-1-3-14(11)17/h1-6,8-9,13,21,24H,7,10H2,(H2,22,23,25). The molecule has 1 aromatic heterocycles. The van der Waals surface area contributed by atoms with Gasteiger partial charge in [0.05, 0.1) is 12.6 Å². The normalized spacial score (nSPS) is 12.1. The molecule has 5 nitrogen and oxygen atoms in total. The Hall–Kier alpha value is -2.93. The summed E-state index contributed by atoms with van der Waals surface area (Å²) in [5.74, 6) is -2.03. The number of hydrogen-bond acceptors (Lipinski definition) is 2. The van der Waals surface area contributed by atoms with Crippen molar-refractivity contribution < 1.29 is 18.7 Å². The van der Waals surface area contributed by atoms with E-state index in [-0.39, 0.29) is 12.3 Å². The van der Waals surface area contributed by atoms with Gasteiger partial charge in [-0.25, -0.2) is 13.6 Å². The molecule has 3 aromatic rings. The zero-order valence-electron chi connectivity index (χ0n) is 13.2. The molecule has 1 atom stereocenters. The van der Waals surface area contributed by atoms with E-state index in [0.717, 1.165) is 28.6 Å². The van der Waals surface area contributed by atoms with Crippen molar-refractivity contribution in [2.45, 2.75) is 12.5 Å². The molecule has 0 radical (unpaired) electrons. The first-order valence-corrected chi connectivity index (χ1v) is 7.75. The molecule has 1 unspecified atom stereocenters. The Kier molecular flexibility index (Phi) is 4.95. The van der Waals surface area contributed by atoms with Crippen molar-refractivity contribution in [1.82, 2.24) is 10.3 Å². The zero-order valence-corrected chi connectivity index (χ0v) is 13.2. The number of carbonyl (C=O) groups excluding carboxylic acids is 1. The van der Waals surface area contributed by atoms with E-state index < -0.39 is 23.7 Å². The number of rotatable bonds is 5. The number of aromatic amines is 1. The van der Waals surface area contributed by atoms with Crippen LogP contribution in [0.2, 0.25) is 0 Å². The molecule has 0 bridgehead atoms. The summed E-state index contributed by atoms with van der Waals surface area (Å²) in [4.78, 5) is 15.1. The van der Waals surface area contributed by atoms with Gasteiger partial charge in [0.2, 0.25) is 0 Å². The summed E-state index contributed by atoms with van der Waals surface area (Å²) in [5, 5.41) is 15.6. The molecule has 0 saturated heterocycles. The van der Waals surface area contributed by atoms with Crippen LogP contribution in [0.15, 0.2) is 48.7 Å². The summed E-state index contributed by atoms with van der Waals surface area (Å²) in [6, 6.07) is 9.67. The first-order chi connectivity index (χ1) is 12.1. The molecule has 1 heterocycles. The molecule has 0 aliphatic heterocycles. The maximum Gasteiger partial charge on any atom is 0.319 e. The van der Waals surface area contributed by atoms with E-state index >= 15 is 0 Å². The number of H-pyrrole nitrogens is 1. The van der Waals surface area contributed by atoms with Crippen molar-refractivity contribution >= 4 is 22.6 Å². The molecule has 3 rings (SSSR count). The SMILES string of the molecule is O=C(Nc1ccc(F)c(F)c1)NC(CO)Cc1c[nH]c2ccccc12. The number of aliphatic hydroxyl groups excluding tert-OH is 1. The van der Waals surface area contributed by atoms with Gasteiger partial charge in [-0.2, -0.15) is 0 Å². The number of anilines is 1. The van der Waals surface area contributed by atoms with Crippen LogP contribution in [0.4, 0.5) is 19.3 Å². The molecule has 0 aliphatic rings. The quantitative estimate of drug-likeness (QED) is 0.573. The number of urea groups is 1. The molecule has 0 aliphatic carbocycles. The number of amides is 2. The van der Waals surface area contributed by atoms with Crippen molar-refractivity contribution in [1.29, 1.82) is 0 Å². The summed E-state index contributed by atoms with van der Waals surface area (Å²) in [6.07, 6.45) is 2.26. The van der Waals surface area contributed by atoms with E-state index in [0.29, 0.717) is 6.42 Å². The molecule has 0 saturated carbocycles. The van der Waals surface area contributed by atoms with Crippen LogP contribution < -0.4 is 10.6 Å². The van der Waals surface area contributed by atoms with Crippen LogP contribution in [0.3, 0.4) is 0 Å². The lowest BCUT2D eigenvalue weighted by Gasteiger charge is -2.16. The summed E-state index contributed by atoms with van der Waals surface area (Å²) in [7, 11) is 0. The van der Waals surface area contributed by atoms with Gasteiger partial charge in [-0.3, -0.25) is 0 Å². The number of carbonyl (C=O) groups is 1. The highest BCUT2D eigenvalue weighted by Gasteiger charge is 2.15. The summed E-state index contributed by atoms with van der Waals surface area (Å²) in [5.41, 5.74) is 2.06. The van der Waals surface area contributed by atoms with E-state index in [9.17, 15) is 18.7 Å². The molecular formula is C18H17F2N3O2. The Labute approximate surface area is 142 Å². The van der Waals surface area contributed by atoms with Gasteiger partial charge in [0.15, 0.2) is 11.6 Å². The molecule has 7 heteroatoms. The second kappa shape index (κ2) is 7.31. The molecule has 25 heavy (non-hydrogen) atoms. The molecular weight excluding hydrogens is 328 g/mol. The zero-order chi connectivity index (χ0) is 17.8. The van der Waals surface area contributed by atoms with Crippen LogP contribution in [-0.2, 0) is 6.42 Å². The van der Waals surface area contributed by atoms with Crippen molar-refractivity contribution in [3.63, 3.8) is 0 Å². The fourth-order valence-corrected chi connectivity index (χ4v) is 2.65. The first-order valence-electron chi connectivity index (χ1n) is 7.75. The second-order valence-electron chi connectivity index (χ2n) is 5.67. The predicted octanol–water partition coefficient (Wildman–Crippen LogP) is 3.17. The lowest BCUT2D eigenvalue weighted by Crippen LogP contribution is -2.41. The summed E-state index contributed by atoms with van der Waals surface area (Å²) in [6.45, 7) is -0.259. The Morgan fingerprint density at radius 1 is 1.16 bits per heavy atom. The maximum absolute atomic E-state index is 13.2. The third-order valence-electron chi connectivity index (χ3n) is 3.87. The van der Waals surface area contributed by atoms with E-state index in [1.807, 2.05) is 30.5 Å². The van der Waals surface area contributed by atoms with Gasteiger partial charge in [0.25, 0.3) is 0 Å². The van der Waals surface area contributed by atoms with Crippen molar-refractivity contribution in [2.75, 3.05) is 11.9 Å². The summed E-state index contributed by atoms with van der Waals surface area (Å²) >= 11 is 0. The number of hydrogen-bond donors (Lipinski definition) is 4. The van der Waals surface area contributed by atoms with Crippen LogP contribution in [0.1, 0.15) is 5.56 Å². The summed E-state index contributed by atoms with van der Waals surface area (Å²) < 4.78 is 26.1. The number of benzene rings is 2. The molecule has 0 fully saturated rings. The molecule has 2 aromatic carbocycles. The molecule has 2 amide bonds. The minimum atomic E-state index is -1.05. The third kappa shape index (κ3) is 3.95. The Balaban J connectivity index is 1.65. The molecule has 0 spiro atoms. The fraction of sp³-hybridized carbons (Fsp3) is 0.167. The lowest BCUT2D eigenvalue weighted by molar-refractivity contribution is 0.224. The Morgan fingerprint density at radius 2 is 1.96 bits per heavy atom. The third-order valence-corrected chi connectivity index (χ3v) is 3.87. The predicted molar refractivity (Wildman–Crippen MR) is 91.4 cm³/mol. The molecule has 130 valence electrons. The maximum atomic E-state index is 13.2. The van der Waals surface area contributed by atoms with Crippen LogP contribution >= 0.6 is 0 Å². The lowest BCUT2D eigenvalue weighted by atomic mass is 10.1. The van der Waals surface area contributed by atoms with E-state index in [4.69, 9.17) is 0 Å². The number of aliphatic hydroxyl groups is 1. The number of para-hydroxylation sites is 1. The molecule has 4 N–H and O–H groups in total. The topological polar surface area (TPSA) is 77.2 Å². The largest absolute Gasteiger partial charge is 0.394 e. The van der Waals surface area contributed by atoms with Gasteiger partial charge in [0.1, 0.15) is 0 Å². The second-order valence-corrected chi connectivity index (χ2v) is 5.67. The van der Waals surface area contributed by atoms with Crippen LogP contribution in [0, 0.1) is 11.6 Å². The smallest absolute Gasteiger partial charge is 0.319 e. The van der Waals surface area contributed by atoms with E-state index in [1.54, 1.807) is 0 Å². The number of fused-ring (bicyclic) bond motifs is 1. The van der Waals surface area contributed by atoms with Gasteiger partial charge in [-0.1, -0.05) is 18.2 Å². The highest BCUT2D eigenvalue weighted by molar-refractivity contribution is 5.89. The monoisotopic (exact) mass is 345 g/mol.